The van der Waals surface area contributed by atoms with Crippen LogP contribution in [-0.2, 0) is 10.8 Å². The molecule has 2 spiro atoms. The molecule has 0 unspecified atom stereocenters. The second-order valence-electron chi connectivity index (χ2n) is 20.5. The number of furan rings is 1. The van der Waals surface area contributed by atoms with E-state index in [1.807, 2.05) is 17.8 Å². The Morgan fingerprint density at radius 1 is 0.303 bits per heavy atom. The predicted octanol–water partition coefficient (Wildman–Crippen LogP) is 19.2. The first-order valence-corrected chi connectivity index (χ1v) is 27.0. The molecule has 0 N–H and O–H groups in total. The lowest BCUT2D eigenvalue weighted by molar-refractivity contribution is 0.436. The Kier molecular flexibility index (Phi) is 8.63. The van der Waals surface area contributed by atoms with Crippen LogP contribution in [0.2, 0.25) is 0 Å². The highest BCUT2D eigenvalue weighted by Crippen LogP contribution is 2.65. The summed E-state index contributed by atoms with van der Waals surface area (Å²) >= 11 is 1.88. The van der Waals surface area contributed by atoms with Crippen molar-refractivity contribution in [2.75, 3.05) is 4.90 Å². The van der Waals surface area contributed by atoms with Crippen molar-refractivity contribution in [3.8, 4) is 44.9 Å². The van der Waals surface area contributed by atoms with Gasteiger partial charge in [-0.1, -0.05) is 206 Å². The van der Waals surface area contributed by atoms with Crippen molar-refractivity contribution in [2.24, 2.45) is 0 Å². The fourth-order valence-corrected chi connectivity index (χ4v) is 15.3. The predicted molar refractivity (Wildman–Crippen MR) is 310 cm³/mol. The second-order valence-corrected chi connectivity index (χ2v) is 21.6. The molecule has 4 heteroatoms. The lowest BCUT2D eigenvalue weighted by atomic mass is 9.66. The molecular weight excluding hydrogens is 943 g/mol. The number of hydrogen-bond acceptors (Lipinski definition) is 4. The number of rotatable bonds is 4. The highest BCUT2D eigenvalue weighted by molar-refractivity contribution is 7.99. The smallest absolute Gasteiger partial charge is 0.136 e. The zero-order valence-electron chi connectivity index (χ0n) is 41.0. The molecule has 0 saturated heterocycles. The third-order valence-corrected chi connectivity index (χ3v) is 18.2. The van der Waals surface area contributed by atoms with E-state index in [0.29, 0.717) is 0 Å². The van der Waals surface area contributed by atoms with Crippen LogP contribution < -0.4 is 9.64 Å². The molecule has 4 aliphatic rings. The van der Waals surface area contributed by atoms with E-state index in [0.717, 1.165) is 83.5 Å². The summed E-state index contributed by atoms with van der Waals surface area (Å²) in [5.41, 5.74) is 21.1. The largest absolute Gasteiger partial charge is 0.457 e. The van der Waals surface area contributed by atoms with Crippen LogP contribution in [0, 0.1) is 0 Å². The van der Waals surface area contributed by atoms with Crippen LogP contribution in [0.25, 0.3) is 66.1 Å². The molecule has 0 bridgehead atoms. The Bertz CT molecular complexity index is 4350. The van der Waals surface area contributed by atoms with Crippen LogP contribution >= 0.6 is 11.8 Å². The number of hydrogen-bond donors (Lipinski definition) is 0. The first-order chi connectivity index (χ1) is 37.7. The summed E-state index contributed by atoms with van der Waals surface area (Å²) in [7, 11) is 0. The first-order valence-electron chi connectivity index (χ1n) is 26.1. The molecule has 0 radical (unpaired) electrons. The Morgan fingerprint density at radius 3 is 1.49 bits per heavy atom. The Morgan fingerprint density at radius 2 is 0.789 bits per heavy atom. The van der Waals surface area contributed by atoms with E-state index in [9.17, 15) is 0 Å². The Balaban J connectivity index is 0.961. The standard InChI is InChI=1S/C72H43NO2S/c1-2-23-52-46(18-1)47(53-25-17-34-67-70(53)54-24-7-14-32-64(54)74-67)38-39-63(52)73(44-36-40-66-61(42-44)71(59-30-12-15-33-65(59)75-66)55-26-8-3-19-48(55)49-20-4-9-27-56(49)71)45-37-41-69-62(43-45)72(60-31-13-16-35-68(60)76-69)57-28-10-5-21-50(57)51-22-6-11-29-58(51)72/h1-43H. The monoisotopic (exact) mass is 985 g/mol. The fourth-order valence-electron chi connectivity index (χ4n) is 14.1. The number of ether oxygens (including phenoxy) is 1. The van der Waals surface area contributed by atoms with Gasteiger partial charge in [0.25, 0.3) is 0 Å². The average Bonchev–Trinajstić information content (AvgIpc) is 4.32. The van der Waals surface area contributed by atoms with Crippen molar-refractivity contribution in [3.05, 3.63) is 305 Å². The maximum atomic E-state index is 7.04. The van der Waals surface area contributed by atoms with Gasteiger partial charge in [-0.25, -0.2) is 0 Å². The van der Waals surface area contributed by atoms with Gasteiger partial charge < -0.3 is 14.1 Å². The van der Waals surface area contributed by atoms with E-state index in [1.165, 1.54) is 65.4 Å². The van der Waals surface area contributed by atoms with Gasteiger partial charge in [-0.05, 0) is 139 Å². The number of nitrogens with zero attached hydrogens (tertiary/aromatic N) is 1. The van der Waals surface area contributed by atoms with E-state index < -0.39 is 10.8 Å². The van der Waals surface area contributed by atoms with Crippen molar-refractivity contribution in [2.45, 2.75) is 20.6 Å². The molecule has 3 nitrogen and oxygen atoms in total. The van der Waals surface area contributed by atoms with Gasteiger partial charge in [0, 0.05) is 48.5 Å². The molecule has 3 heterocycles. The number of anilines is 3. The number of fused-ring (bicyclic) bond motifs is 22. The topological polar surface area (TPSA) is 25.6 Å². The van der Waals surface area contributed by atoms with Crippen LogP contribution in [0.5, 0.6) is 11.5 Å². The maximum Gasteiger partial charge on any atom is 0.136 e. The zero-order valence-corrected chi connectivity index (χ0v) is 41.8. The van der Waals surface area contributed by atoms with Crippen LogP contribution in [0.1, 0.15) is 44.5 Å². The molecule has 17 rings (SSSR count). The van der Waals surface area contributed by atoms with Gasteiger partial charge in [0.2, 0.25) is 0 Å². The fraction of sp³-hybridized carbons (Fsp3) is 0.0278. The number of benzene rings is 12. The molecule has 1 aromatic heterocycles. The summed E-state index contributed by atoms with van der Waals surface area (Å²) in [6.45, 7) is 0. The SMILES string of the molecule is c1ccc2c(c1)Oc1ccc(N(c3ccc4c(c3)C3(c5ccccc5S4)c4ccccc4-c4ccccc43)c3ccc(-c4cccc5oc6ccccc6c45)c4ccccc34)cc1C21c2ccccc2-c2ccccc21. The second kappa shape index (κ2) is 15.6. The molecule has 0 fully saturated rings. The van der Waals surface area contributed by atoms with Gasteiger partial charge in [-0.15, -0.1) is 0 Å². The molecule has 13 aromatic rings. The third kappa shape index (κ3) is 5.43. The summed E-state index contributed by atoms with van der Waals surface area (Å²) < 4.78 is 13.5. The molecular formula is C72H43NO2S. The molecule has 0 atom stereocenters. The van der Waals surface area contributed by atoms with E-state index in [2.05, 4.69) is 260 Å². The third-order valence-electron chi connectivity index (χ3n) is 17.0. The lowest BCUT2D eigenvalue weighted by Gasteiger charge is -2.41. The van der Waals surface area contributed by atoms with E-state index in [-0.39, 0.29) is 0 Å². The van der Waals surface area contributed by atoms with Gasteiger partial charge >= 0.3 is 0 Å². The van der Waals surface area contributed by atoms with Crippen LogP contribution in [-0.4, -0.2) is 0 Å². The van der Waals surface area contributed by atoms with E-state index in [1.54, 1.807) is 0 Å². The highest BCUT2D eigenvalue weighted by Gasteiger charge is 2.52. The molecule has 0 amide bonds. The molecule has 76 heavy (non-hydrogen) atoms. The van der Waals surface area contributed by atoms with Crippen LogP contribution in [0.15, 0.2) is 275 Å². The van der Waals surface area contributed by atoms with E-state index in [4.69, 9.17) is 9.15 Å². The molecule has 354 valence electrons. The van der Waals surface area contributed by atoms with Gasteiger partial charge in [0.05, 0.1) is 16.5 Å². The molecule has 0 saturated carbocycles. The van der Waals surface area contributed by atoms with Gasteiger partial charge in [-0.3, -0.25) is 0 Å². The summed E-state index contributed by atoms with van der Waals surface area (Å²) in [4.78, 5) is 5.06. The summed E-state index contributed by atoms with van der Waals surface area (Å²) in [5.74, 6) is 1.73. The maximum absolute atomic E-state index is 7.04. The highest BCUT2D eigenvalue weighted by atomic mass is 32.2. The van der Waals surface area contributed by atoms with Crippen molar-refractivity contribution < 1.29 is 9.15 Å². The van der Waals surface area contributed by atoms with Crippen LogP contribution in [0.4, 0.5) is 17.1 Å². The minimum atomic E-state index is -0.644. The minimum absolute atomic E-state index is 0.557. The Hall–Kier alpha value is -9.35. The molecule has 12 aromatic carbocycles. The minimum Gasteiger partial charge on any atom is -0.457 e. The van der Waals surface area contributed by atoms with Crippen molar-refractivity contribution in [1.82, 2.24) is 0 Å². The van der Waals surface area contributed by atoms with Crippen LogP contribution in [0.3, 0.4) is 0 Å². The quantitative estimate of drug-likeness (QED) is 0.175. The first kappa shape index (κ1) is 42.1. The van der Waals surface area contributed by atoms with Crippen molar-refractivity contribution in [1.29, 1.82) is 0 Å². The van der Waals surface area contributed by atoms with Crippen molar-refractivity contribution in [3.63, 3.8) is 0 Å². The molecule has 2 aliphatic carbocycles. The summed E-state index contributed by atoms with van der Waals surface area (Å²) in [6, 6.07) is 96.5. The normalized spacial score (nSPS) is 14.3. The number of para-hydroxylation sites is 2. The molecule has 2 aliphatic heterocycles. The van der Waals surface area contributed by atoms with Gasteiger partial charge in [0.15, 0.2) is 0 Å². The van der Waals surface area contributed by atoms with Crippen molar-refractivity contribution >= 4 is 61.5 Å². The summed E-state index contributed by atoms with van der Waals surface area (Å²) in [5, 5.41) is 4.53. The van der Waals surface area contributed by atoms with E-state index >= 15 is 0 Å². The summed E-state index contributed by atoms with van der Waals surface area (Å²) in [6.07, 6.45) is 0. The van der Waals surface area contributed by atoms with Gasteiger partial charge in [0.1, 0.15) is 22.7 Å². The average molecular weight is 986 g/mol. The lowest BCUT2D eigenvalue weighted by Crippen LogP contribution is -2.32. The zero-order chi connectivity index (χ0) is 49.7. The Labute approximate surface area is 443 Å². The van der Waals surface area contributed by atoms with Gasteiger partial charge in [-0.2, -0.15) is 0 Å².